The maximum atomic E-state index is 12.7. The van der Waals surface area contributed by atoms with Crippen molar-refractivity contribution in [3.63, 3.8) is 0 Å². The molecule has 7 nitrogen and oxygen atoms in total. The molecule has 3 aromatic rings. The second-order valence-electron chi connectivity index (χ2n) is 6.50. The Morgan fingerprint density at radius 2 is 1.83 bits per heavy atom. The van der Waals surface area contributed by atoms with Crippen molar-refractivity contribution in [2.45, 2.75) is 25.2 Å². The number of aromatic nitrogens is 1. The Balaban J connectivity index is 1.75. The standard InChI is InChI=1S/C21H23N3O4S2/c1-3-24(4-2)30(27,28)17-10-11-19(25)18(13-17)23-20(26)12-16-14-29-21(22-16)15-8-6-5-7-9-15/h5-11,13-14,25H,3-4,12H2,1-2H3,(H,23,26). The van der Waals surface area contributed by atoms with Gasteiger partial charge in [-0.1, -0.05) is 44.2 Å². The number of hydrogen-bond donors (Lipinski definition) is 2. The van der Waals surface area contributed by atoms with Crippen LogP contribution in [0.3, 0.4) is 0 Å². The fraction of sp³-hybridized carbons (Fsp3) is 0.238. The predicted octanol–water partition coefficient (Wildman–Crippen LogP) is 3.73. The number of sulfonamides is 1. The van der Waals surface area contributed by atoms with Crippen LogP contribution in [0.15, 0.2) is 58.8 Å². The molecule has 0 spiro atoms. The SMILES string of the molecule is CCN(CC)S(=O)(=O)c1ccc(O)c(NC(=O)Cc2csc(-c3ccccc3)n2)c1. The predicted molar refractivity (Wildman–Crippen MR) is 118 cm³/mol. The van der Waals surface area contributed by atoms with Crippen LogP contribution in [0.5, 0.6) is 5.75 Å². The molecule has 0 atom stereocenters. The zero-order chi connectivity index (χ0) is 21.7. The molecule has 0 aliphatic rings. The molecule has 1 aromatic heterocycles. The first-order valence-corrected chi connectivity index (χ1v) is 11.8. The molecule has 0 aliphatic carbocycles. The molecule has 158 valence electrons. The Morgan fingerprint density at radius 3 is 2.50 bits per heavy atom. The molecule has 0 aliphatic heterocycles. The van der Waals surface area contributed by atoms with Gasteiger partial charge in [-0.2, -0.15) is 4.31 Å². The lowest BCUT2D eigenvalue weighted by atomic mass is 10.2. The largest absolute Gasteiger partial charge is 0.506 e. The number of nitrogens with zero attached hydrogens (tertiary/aromatic N) is 2. The minimum atomic E-state index is -3.70. The molecular formula is C21H23N3O4S2. The maximum Gasteiger partial charge on any atom is 0.243 e. The van der Waals surface area contributed by atoms with Gasteiger partial charge < -0.3 is 10.4 Å². The van der Waals surface area contributed by atoms with Gasteiger partial charge in [0.15, 0.2) is 0 Å². The van der Waals surface area contributed by atoms with Crippen molar-refractivity contribution in [3.8, 4) is 16.3 Å². The molecule has 0 radical (unpaired) electrons. The van der Waals surface area contributed by atoms with Crippen molar-refractivity contribution in [3.05, 3.63) is 59.6 Å². The molecule has 1 amide bonds. The van der Waals surface area contributed by atoms with E-state index in [1.54, 1.807) is 13.8 Å². The van der Waals surface area contributed by atoms with Crippen LogP contribution in [0.25, 0.3) is 10.6 Å². The van der Waals surface area contributed by atoms with Crippen LogP contribution in [-0.4, -0.2) is 41.8 Å². The fourth-order valence-electron chi connectivity index (χ4n) is 2.95. The summed E-state index contributed by atoms with van der Waals surface area (Å²) in [6.45, 7) is 4.16. The molecule has 0 fully saturated rings. The summed E-state index contributed by atoms with van der Waals surface area (Å²) in [6, 6.07) is 13.5. The van der Waals surface area contributed by atoms with Crippen LogP contribution in [0.1, 0.15) is 19.5 Å². The van der Waals surface area contributed by atoms with Gasteiger partial charge >= 0.3 is 0 Å². The molecular weight excluding hydrogens is 422 g/mol. The second kappa shape index (κ2) is 9.38. The number of anilines is 1. The minimum absolute atomic E-state index is 0.00972. The minimum Gasteiger partial charge on any atom is -0.506 e. The van der Waals surface area contributed by atoms with Gasteiger partial charge in [-0.15, -0.1) is 11.3 Å². The van der Waals surface area contributed by atoms with E-state index in [1.807, 2.05) is 35.7 Å². The normalized spacial score (nSPS) is 11.6. The van der Waals surface area contributed by atoms with Gasteiger partial charge in [-0.25, -0.2) is 13.4 Å². The molecule has 0 bridgehead atoms. The summed E-state index contributed by atoms with van der Waals surface area (Å²) in [5.41, 5.74) is 1.62. The van der Waals surface area contributed by atoms with Crippen LogP contribution in [0.2, 0.25) is 0 Å². The summed E-state index contributed by atoms with van der Waals surface area (Å²) in [4.78, 5) is 17.0. The summed E-state index contributed by atoms with van der Waals surface area (Å²) in [7, 11) is -3.70. The first kappa shape index (κ1) is 21.9. The van der Waals surface area contributed by atoms with E-state index in [1.165, 1.54) is 33.8 Å². The highest BCUT2D eigenvalue weighted by Crippen LogP contribution is 2.28. The molecule has 0 saturated heterocycles. The first-order chi connectivity index (χ1) is 14.3. The third-order valence-electron chi connectivity index (χ3n) is 4.50. The monoisotopic (exact) mass is 445 g/mol. The number of benzene rings is 2. The maximum absolute atomic E-state index is 12.7. The lowest BCUT2D eigenvalue weighted by Gasteiger charge is -2.19. The summed E-state index contributed by atoms with van der Waals surface area (Å²) in [5.74, 6) is -0.599. The van der Waals surface area contributed by atoms with E-state index in [4.69, 9.17) is 0 Å². The van der Waals surface area contributed by atoms with Gasteiger partial charge in [0.05, 0.1) is 22.7 Å². The van der Waals surface area contributed by atoms with Crippen molar-refractivity contribution < 1.29 is 18.3 Å². The van der Waals surface area contributed by atoms with E-state index < -0.39 is 15.9 Å². The number of rotatable bonds is 8. The lowest BCUT2D eigenvalue weighted by Crippen LogP contribution is -2.30. The van der Waals surface area contributed by atoms with Gasteiger partial charge in [0.2, 0.25) is 15.9 Å². The fourth-order valence-corrected chi connectivity index (χ4v) is 5.26. The zero-order valence-electron chi connectivity index (χ0n) is 16.7. The Labute approximate surface area is 180 Å². The summed E-state index contributed by atoms with van der Waals surface area (Å²) < 4.78 is 26.7. The molecule has 0 saturated carbocycles. The second-order valence-corrected chi connectivity index (χ2v) is 9.30. The number of thiazole rings is 1. The van der Waals surface area contributed by atoms with Crippen LogP contribution < -0.4 is 5.32 Å². The molecule has 9 heteroatoms. The quantitative estimate of drug-likeness (QED) is 0.515. The van der Waals surface area contributed by atoms with Crippen molar-refractivity contribution >= 4 is 33.0 Å². The summed E-state index contributed by atoms with van der Waals surface area (Å²) in [6.07, 6.45) is 0.00972. The van der Waals surface area contributed by atoms with E-state index in [2.05, 4.69) is 10.3 Å². The molecule has 2 N–H and O–H groups in total. The van der Waals surface area contributed by atoms with Gasteiger partial charge in [0, 0.05) is 24.0 Å². The topological polar surface area (TPSA) is 99.6 Å². The zero-order valence-corrected chi connectivity index (χ0v) is 18.3. The first-order valence-electron chi connectivity index (χ1n) is 9.48. The van der Waals surface area contributed by atoms with Crippen molar-refractivity contribution in [2.75, 3.05) is 18.4 Å². The lowest BCUT2D eigenvalue weighted by molar-refractivity contribution is -0.115. The number of phenolic OH excluding ortho intramolecular Hbond substituents is 1. The third kappa shape index (κ3) is 4.86. The van der Waals surface area contributed by atoms with Crippen LogP contribution in [0.4, 0.5) is 5.69 Å². The number of phenols is 1. The van der Waals surface area contributed by atoms with Crippen molar-refractivity contribution in [1.82, 2.24) is 9.29 Å². The number of hydrogen-bond acceptors (Lipinski definition) is 6. The van der Waals surface area contributed by atoms with Gasteiger partial charge in [0.25, 0.3) is 0 Å². The van der Waals surface area contributed by atoms with Gasteiger partial charge in [-0.3, -0.25) is 4.79 Å². The van der Waals surface area contributed by atoms with E-state index in [-0.39, 0.29) is 22.8 Å². The number of nitrogens with one attached hydrogen (secondary N) is 1. The van der Waals surface area contributed by atoms with Gasteiger partial charge in [-0.05, 0) is 18.2 Å². The summed E-state index contributed by atoms with van der Waals surface area (Å²) in [5, 5.41) is 15.3. The number of carbonyl (C=O) groups is 1. The van der Waals surface area contributed by atoms with E-state index in [0.29, 0.717) is 18.8 Å². The number of aromatic hydroxyl groups is 1. The van der Waals surface area contributed by atoms with E-state index >= 15 is 0 Å². The molecule has 30 heavy (non-hydrogen) atoms. The molecule has 1 heterocycles. The molecule has 0 unspecified atom stereocenters. The molecule has 3 rings (SSSR count). The highest BCUT2D eigenvalue weighted by atomic mass is 32.2. The van der Waals surface area contributed by atoms with Crippen LogP contribution in [-0.2, 0) is 21.2 Å². The smallest absolute Gasteiger partial charge is 0.243 e. The molecule has 2 aromatic carbocycles. The van der Waals surface area contributed by atoms with E-state index in [9.17, 15) is 18.3 Å². The Morgan fingerprint density at radius 1 is 1.13 bits per heavy atom. The third-order valence-corrected chi connectivity index (χ3v) is 7.49. The van der Waals surface area contributed by atoms with Crippen molar-refractivity contribution in [1.29, 1.82) is 0 Å². The Kier molecular flexibility index (Phi) is 6.86. The number of amides is 1. The van der Waals surface area contributed by atoms with Gasteiger partial charge in [0.1, 0.15) is 10.8 Å². The highest BCUT2D eigenvalue weighted by molar-refractivity contribution is 7.89. The Bertz CT molecular complexity index is 1120. The van der Waals surface area contributed by atoms with Crippen LogP contribution >= 0.6 is 11.3 Å². The average Bonchev–Trinajstić information content (AvgIpc) is 3.19. The van der Waals surface area contributed by atoms with Crippen LogP contribution in [0, 0.1) is 0 Å². The number of carbonyl (C=O) groups excluding carboxylic acids is 1. The van der Waals surface area contributed by atoms with E-state index in [0.717, 1.165) is 10.6 Å². The summed E-state index contributed by atoms with van der Waals surface area (Å²) >= 11 is 1.44. The Hall–Kier alpha value is -2.75. The highest BCUT2D eigenvalue weighted by Gasteiger charge is 2.23. The average molecular weight is 446 g/mol. The van der Waals surface area contributed by atoms with Crippen molar-refractivity contribution in [2.24, 2.45) is 0 Å².